The van der Waals surface area contributed by atoms with Crippen molar-refractivity contribution >= 4 is 5.69 Å². The number of aliphatic hydroxyl groups is 3. The SMILES string of the molecule is Cc1cc(N)cc(C(O)C(O)CO)c1. The summed E-state index contributed by atoms with van der Waals surface area (Å²) in [6.07, 6.45) is -2.27. The van der Waals surface area contributed by atoms with E-state index in [2.05, 4.69) is 0 Å². The Hall–Kier alpha value is -1.10. The lowest BCUT2D eigenvalue weighted by molar-refractivity contribution is -0.0152. The molecule has 4 nitrogen and oxygen atoms in total. The van der Waals surface area contributed by atoms with Crippen molar-refractivity contribution in [3.8, 4) is 0 Å². The van der Waals surface area contributed by atoms with Crippen molar-refractivity contribution in [1.82, 2.24) is 0 Å². The number of aryl methyl sites for hydroxylation is 1. The summed E-state index contributed by atoms with van der Waals surface area (Å²) in [5.74, 6) is 0. The largest absolute Gasteiger partial charge is 0.399 e. The van der Waals surface area contributed by atoms with E-state index in [1.54, 1.807) is 18.2 Å². The molecule has 0 bridgehead atoms. The number of nitrogens with two attached hydrogens (primary N) is 1. The average Bonchev–Trinajstić information content (AvgIpc) is 2.14. The van der Waals surface area contributed by atoms with Gasteiger partial charge in [-0.3, -0.25) is 0 Å². The summed E-state index contributed by atoms with van der Waals surface area (Å²) in [4.78, 5) is 0. The molecule has 2 unspecified atom stereocenters. The van der Waals surface area contributed by atoms with Crippen molar-refractivity contribution < 1.29 is 15.3 Å². The summed E-state index contributed by atoms with van der Waals surface area (Å²) in [6.45, 7) is 1.37. The highest BCUT2D eigenvalue weighted by Crippen LogP contribution is 2.20. The van der Waals surface area contributed by atoms with E-state index in [-0.39, 0.29) is 0 Å². The zero-order chi connectivity index (χ0) is 10.7. The second kappa shape index (κ2) is 4.41. The molecule has 0 aliphatic heterocycles. The predicted octanol–water partition coefficient (Wildman–Crippen LogP) is -0.0362. The number of hydrogen-bond donors (Lipinski definition) is 4. The van der Waals surface area contributed by atoms with E-state index in [0.717, 1.165) is 5.56 Å². The van der Waals surface area contributed by atoms with E-state index < -0.39 is 18.8 Å². The molecular weight excluding hydrogens is 182 g/mol. The molecule has 0 radical (unpaired) electrons. The van der Waals surface area contributed by atoms with E-state index >= 15 is 0 Å². The number of hydrogen-bond acceptors (Lipinski definition) is 4. The fraction of sp³-hybridized carbons (Fsp3) is 0.400. The molecule has 0 spiro atoms. The van der Waals surface area contributed by atoms with E-state index in [0.29, 0.717) is 11.3 Å². The van der Waals surface area contributed by atoms with Crippen molar-refractivity contribution in [2.75, 3.05) is 12.3 Å². The van der Waals surface area contributed by atoms with Crippen molar-refractivity contribution in [1.29, 1.82) is 0 Å². The second-order valence-electron chi connectivity index (χ2n) is 3.37. The Morgan fingerprint density at radius 1 is 1.29 bits per heavy atom. The van der Waals surface area contributed by atoms with Gasteiger partial charge in [0.2, 0.25) is 0 Å². The van der Waals surface area contributed by atoms with E-state index in [9.17, 15) is 10.2 Å². The summed E-state index contributed by atoms with van der Waals surface area (Å²) in [5.41, 5.74) is 7.54. The van der Waals surface area contributed by atoms with Gasteiger partial charge in [0.1, 0.15) is 12.2 Å². The van der Waals surface area contributed by atoms with Crippen LogP contribution >= 0.6 is 0 Å². The van der Waals surface area contributed by atoms with Crippen LogP contribution in [0, 0.1) is 6.92 Å². The Morgan fingerprint density at radius 3 is 2.43 bits per heavy atom. The molecule has 5 N–H and O–H groups in total. The summed E-state index contributed by atoms with van der Waals surface area (Å²) in [5, 5.41) is 27.5. The molecule has 0 heterocycles. The number of anilines is 1. The van der Waals surface area contributed by atoms with Crippen LogP contribution in [-0.4, -0.2) is 28.0 Å². The molecule has 0 aliphatic carbocycles. The van der Waals surface area contributed by atoms with Crippen LogP contribution in [0.15, 0.2) is 18.2 Å². The Bertz CT molecular complexity index is 294. The van der Waals surface area contributed by atoms with Crippen molar-refractivity contribution in [3.63, 3.8) is 0 Å². The fourth-order valence-electron chi connectivity index (χ4n) is 1.34. The highest BCUT2D eigenvalue weighted by Gasteiger charge is 2.17. The molecule has 0 saturated carbocycles. The Balaban J connectivity index is 2.94. The smallest absolute Gasteiger partial charge is 0.107 e. The normalized spacial score (nSPS) is 15.1. The van der Waals surface area contributed by atoms with Crippen LogP contribution in [0.5, 0.6) is 0 Å². The van der Waals surface area contributed by atoms with Crippen molar-refractivity contribution in [2.24, 2.45) is 0 Å². The molecule has 1 aromatic carbocycles. The highest BCUT2D eigenvalue weighted by atomic mass is 16.4. The number of aliphatic hydroxyl groups excluding tert-OH is 3. The lowest BCUT2D eigenvalue weighted by atomic mass is 10.0. The number of nitrogen functional groups attached to an aromatic ring is 1. The second-order valence-corrected chi connectivity index (χ2v) is 3.37. The van der Waals surface area contributed by atoms with Crippen LogP contribution in [0.2, 0.25) is 0 Å². The zero-order valence-electron chi connectivity index (χ0n) is 8.01. The predicted molar refractivity (Wildman–Crippen MR) is 53.6 cm³/mol. The van der Waals surface area contributed by atoms with Gasteiger partial charge in [0, 0.05) is 5.69 Å². The first-order chi connectivity index (χ1) is 6.54. The maximum absolute atomic E-state index is 9.57. The molecule has 2 atom stereocenters. The number of rotatable bonds is 3. The maximum Gasteiger partial charge on any atom is 0.107 e. The average molecular weight is 197 g/mol. The highest BCUT2D eigenvalue weighted by molar-refractivity contribution is 5.45. The van der Waals surface area contributed by atoms with Gasteiger partial charge >= 0.3 is 0 Å². The van der Waals surface area contributed by atoms with Gasteiger partial charge in [-0.1, -0.05) is 6.07 Å². The lowest BCUT2D eigenvalue weighted by Crippen LogP contribution is -2.22. The summed E-state index contributed by atoms with van der Waals surface area (Å²) in [7, 11) is 0. The van der Waals surface area contributed by atoms with Gasteiger partial charge < -0.3 is 21.1 Å². The topological polar surface area (TPSA) is 86.7 Å². The van der Waals surface area contributed by atoms with Crippen LogP contribution in [0.1, 0.15) is 17.2 Å². The Kier molecular flexibility index (Phi) is 3.46. The molecular formula is C10H15NO3. The molecule has 0 saturated heterocycles. The van der Waals surface area contributed by atoms with Gasteiger partial charge in [-0.15, -0.1) is 0 Å². The molecule has 78 valence electrons. The van der Waals surface area contributed by atoms with Crippen LogP contribution in [0.3, 0.4) is 0 Å². The van der Waals surface area contributed by atoms with Gasteiger partial charge in [0.25, 0.3) is 0 Å². The molecule has 0 aliphatic rings. The molecule has 0 fully saturated rings. The van der Waals surface area contributed by atoms with Gasteiger partial charge in [0.05, 0.1) is 6.61 Å². The molecule has 1 rings (SSSR count). The fourth-order valence-corrected chi connectivity index (χ4v) is 1.34. The van der Waals surface area contributed by atoms with E-state index in [1.807, 2.05) is 6.92 Å². The van der Waals surface area contributed by atoms with Gasteiger partial charge in [0.15, 0.2) is 0 Å². The van der Waals surface area contributed by atoms with Crippen molar-refractivity contribution in [2.45, 2.75) is 19.1 Å². The minimum atomic E-state index is -1.17. The first kappa shape index (κ1) is 11.0. The molecule has 0 amide bonds. The third-order valence-electron chi connectivity index (χ3n) is 2.02. The standard InChI is InChI=1S/C10H15NO3/c1-6-2-7(4-8(11)3-6)10(14)9(13)5-12/h2-4,9-10,12-14H,5,11H2,1H3. The molecule has 4 heteroatoms. The zero-order valence-corrected chi connectivity index (χ0v) is 8.01. The first-order valence-corrected chi connectivity index (χ1v) is 4.38. The van der Waals surface area contributed by atoms with Crippen LogP contribution in [0.25, 0.3) is 0 Å². The third-order valence-corrected chi connectivity index (χ3v) is 2.02. The van der Waals surface area contributed by atoms with E-state index in [4.69, 9.17) is 10.8 Å². The summed E-state index contributed by atoms with van der Waals surface area (Å²) >= 11 is 0. The molecule has 14 heavy (non-hydrogen) atoms. The summed E-state index contributed by atoms with van der Waals surface area (Å²) < 4.78 is 0. The quantitative estimate of drug-likeness (QED) is 0.512. The number of benzene rings is 1. The minimum Gasteiger partial charge on any atom is -0.399 e. The van der Waals surface area contributed by atoms with Gasteiger partial charge in [-0.2, -0.15) is 0 Å². The molecule has 0 aromatic heterocycles. The first-order valence-electron chi connectivity index (χ1n) is 4.38. The van der Waals surface area contributed by atoms with Crippen LogP contribution in [-0.2, 0) is 0 Å². The molecule has 1 aromatic rings. The summed E-state index contributed by atoms with van der Waals surface area (Å²) in [6, 6.07) is 5.07. The lowest BCUT2D eigenvalue weighted by Gasteiger charge is -2.16. The monoisotopic (exact) mass is 197 g/mol. The van der Waals surface area contributed by atoms with Crippen molar-refractivity contribution in [3.05, 3.63) is 29.3 Å². The Morgan fingerprint density at radius 2 is 1.93 bits per heavy atom. The maximum atomic E-state index is 9.57. The minimum absolute atomic E-state index is 0.477. The van der Waals surface area contributed by atoms with Crippen LogP contribution in [0.4, 0.5) is 5.69 Å². The van der Waals surface area contributed by atoms with Gasteiger partial charge in [-0.25, -0.2) is 0 Å². The Labute approximate surface area is 82.6 Å². The van der Waals surface area contributed by atoms with Gasteiger partial charge in [-0.05, 0) is 30.2 Å². The van der Waals surface area contributed by atoms with E-state index in [1.165, 1.54) is 0 Å². The van der Waals surface area contributed by atoms with Crippen LogP contribution < -0.4 is 5.73 Å². The third kappa shape index (κ3) is 2.45.